The van der Waals surface area contributed by atoms with Gasteiger partial charge in [0.15, 0.2) is 0 Å². The standard InChI is InChI=1S/C22H30O5/c1-4-5-6-7-14-11-17-19(20(24)18(14)21(25)26)15-10-13(12-23)8-9-16(15)22(2,3)27-17/h10-11,15-16,23-24H,4-9,12H2,1-3H3,(H,25,26)/t15-,16-/m1/s1. The molecule has 0 saturated carbocycles. The monoisotopic (exact) mass is 374 g/mol. The maximum atomic E-state index is 11.9. The Morgan fingerprint density at radius 3 is 2.70 bits per heavy atom. The van der Waals surface area contributed by atoms with Crippen molar-refractivity contribution in [1.29, 1.82) is 0 Å². The van der Waals surface area contributed by atoms with Crippen molar-refractivity contribution in [2.75, 3.05) is 6.61 Å². The van der Waals surface area contributed by atoms with Gasteiger partial charge in [0.2, 0.25) is 0 Å². The number of rotatable bonds is 6. The highest BCUT2D eigenvalue weighted by Gasteiger charge is 2.46. The fourth-order valence-electron chi connectivity index (χ4n) is 4.65. The van der Waals surface area contributed by atoms with Crippen LogP contribution in [0.1, 0.15) is 80.3 Å². The highest BCUT2D eigenvalue weighted by atomic mass is 16.5. The Bertz CT molecular complexity index is 762. The molecule has 5 heteroatoms. The quantitative estimate of drug-likeness (QED) is 0.507. The topological polar surface area (TPSA) is 87.0 Å². The van der Waals surface area contributed by atoms with Crippen LogP contribution in [0.2, 0.25) is 0 Å². The Morgan fingerprint density at radius 2 is 2.07 bits per heavy atom. The molecule has 0 unspecified atom stereocenters. The van der Waals surface area contributed by atoms with E-state index in [9.17, 15) is 20.1 Å². The number of carboxylic acid groups (broad SMARTS) is 1. The lowest BCUT2D eigenvalue weighted by Gasteiger charge is -2.46. The average molecular weight is 374 g/mol. The van der Waals surface area contributed by atoms with Gasteiger partial charge in [-0.2, -0.15) is 0 Å². The normalized spacial score (nSPS) is 23.0. The Kier molecular flexibility index (Phi) is 5.52. The molecule has 3 rings (SSSR count). The second-order valence-corrected chi connectivity index (χ2v) is 8.29. The molecule has 1 aliphatic carbocycles. The summed E-state index contributed by atoms with van der Waals surface area (Å²) < 4.78 is 6.28. The number of ether oxygens (including phenoxy) is 1. The summed E-state index contributed by atoms with van der Waals surface area (Å²) in [5, 5.41) is 30.3. The van der Waals surface area contributed by atoms with Gasteiger partial charge in [0, 0.05) is 17.4 Å². The second-order valence-electron chi connectivity index (χ2n) is 8.29. The summed E-state index contributed by atoms with van der Waals surface area (Å²) in [7, 11) is 0. The lowest BCUT2D eigenvalue weighted by molar-refractivity contribution is 0.00994. The van der Waals surface area contributed by atoms with Gasteiger partial charge in [-0.05, 0) is 56.7 Å². The van der Waals surface area contributed by atoms with Gasteiger partial charge in [0.05, 0.1) is 6.61 Å². The molecule has 5 nitrogen and oxygen atoms in total. The molecule has 0 aromatic heterocycles. The summed E-state index contributed by atoms with van der Waals surface area (Å²) in [6.07, 6.45) is 7.16. The molecule has 1 heterocycles. The Morgan fingerprint density at radius 1 is 1.33 bits per heavy atom. The molecule has 27 heavy (non-hydrogen) atoms. The van der Waals surface area contributed by atoms with E-state index in [-0.39, 0.29) is 29.8 Å². The molecule has 0 radical (unpaired) electrons. The maximum absolute atomic E-state index is 11.9. The Balaban J connectivity index is 2.15. The fraction of sp³-hybridized carbons (Fsp3) is 0.591. The molecular weight excluding hydrogens is 344 g/mol. The summed E-state index contributed by atoms with van der Waals surface area (Å²) >= 11 is 0. The minimum Gasteiger partial charge on any atom is -0.507 e. The predicted molar refractivity (Wildman–Crippen MR) is 104 cm³/mol. The number of carboxylic acids is 1. The first kappa shape index (κ1) is 19.7. The third-order valence-corrected chi connectivity index (χ3v) is 6.07. The van der Waals surface area contributed by atoms with Crippen LogP contribution in [0.15, 0.2) is 17.7 Å². The van der Waals surface area contributed by atoms with Crippen LogP contribution in [-0.4, -0.2) is 33.5 Å². The molecule has 0 spiro atoms. The minimum atomic E-state index is -1.11. The molecule has 2 aliphatic rings. The van der Waals surface area contributed by atoms with Crippen molar-refractivity contribution in [2.24, 2.45) is 5.92 Å². The van der Waals surface area contributed by atoms with Gasteiger partial charge in [0.25, 0.3) is 0 Å². The van der Waals surface area contributed by atoms with Crippen LogP contribution in [0.3, 0.4) is 0 Å². The van der Waals surface area contributed by atoms with Crippen molar-refractivity contribution in [3.05, 3.63) is 34.4 Å². The summed E-state index contributed by atoms with van der Waals surface area (Å²) in [5.41, 5.74) is 1.69. The van der Waals surface area contributed by atoms with Crippen LogP contribution < -0.4 is 4.74 Å². The first-order valence-corrected chi connectivity index (χ1v) is 9.91. The number of aliphatic hydroxyl groups excluding tert-OH is 1. The Labute approximate surface area is 160 Å². The number of carbonyl (C=O) groups is 1. The molecule has 1 aromatic rings. The number of benzene rings is 1. The molecular formula is C22H30O5. The maximum Gasteiger partial charge on any atom is 0.339 e. The first-order valence-electron chi connectivity index (χ1n) is 9.91. The zero-order valence-corrected chi connectivity index (χ0v) is 16.4. The lowest BCUT2D eigenvalue weighted by Crippen LogP contribution is -2.45. The van der Waals surface area contributed by atoms with Crippen molar-refractivity contribution in [1.82, 2.24) is 0 Å². The molecule has 0 fully saturated rings. The zero-order valence-electron chi connectivity index (χ0n) is 16.4. The van der Waals surface area contributed by atoms with Gasteiger partial charge in [-0.15, -0.1) is 0 Å². The second kappa shape index (κ2) is 7.55. The summed E-state index contributed by atoms with van der Waals surface area (Å²) in [6.45, 7) is 6.18. The van der Waals surface area contributed by atoms with Crippen LogP contribution in [0.25, 0.3) is 0 Å². The number of hydrogen-bond acceptors (Lipinski definition) is 4. The van der Waals surface area contributed by atoms with Crippen molar-refractivity contribution in [3.63, 3.8) is 0 Å². The largest absolute Gasteiger partial charge is 0.507 e. The average Bonchev–Trinajstić information content (AvgIpc) is 2.60. The molecule has 1 aromatic carbocycles. The van der Waals surface area contributed by atoms with E-state index in [1.807, 2.05) is 26.0 Å². The van der Waals surface area contributed by atoms with Crippen LogP contribution in [0, 0.1) is 5.92 Å². The van der Waals surface area contributed by atoms with Crippen molar-refractivity contribution >= 4 is 5.97 Å². The summed E-state index contributed by atoms with van der Waals surface area (Å²) in [6, 6.07) is 1.81. The SMILES string of the molecule is CCCCCc1cc2c(c(O)c1C(=O)O)[C@@H]1C=C(CO)CC[C@H]1C(C)(C)O2. The molecule has 148 valence electrons. The van der Waals surface area contributed by atoms with Crippen LogP contribution in [0.5, 0.6) is 11.5 Å². The highest BCUT2D eigenvalue weighted by Crippen LogP contribution is 2.54. The molecule has 0 bridgehead atoms. The molecule has 3 N–H and O–H groups in total. The van der Waals surface area contributed by atoms with Crippen LogP contribution in [0.4, 0.5) is 0 Å². The lowest BCUT2D eigenvalue weighted by atomic mass is 9.67. The fourth-order valence-corrected chi connectivity index (χ4v) is 4.65. The van der Waals surface area contributed by atoms with E-state index in [1.54, 1.807) is 0 Å². The summed E-state index contributed by atoms with van der Waals surface area (Å²) in [4.78, 5) is 11.9. The third kappa shape index (κ3) is 3.57. The smallest absolute Gasteiger partial charge is 0.339 e. The van der Waals surface area contributed by atoms with E-state index < -0.39 is 11.6 Å². The van der Waals surface area contributed by atoms with E-state index in [0.29, 0.717) is 23.3 Å². The minimum absolute atomic E-state index is 0.00330. The zero-order chi connectivity index (χ0) is 19.8. The highest BCUT2D eigenvalue weighted by molar-refractivity contribution is 5.94. The van der Waals surface area contributed by atoms with Gasteiger partial charge >= 0.3 is 5.97 Å². The Hall–Kier alpha value is -2.01. The number of aromatic hydroxyl groups is 1. The van der Waals surface area contributed by atoms with E-state index >= 15 is 0 Å². The van der Waals surface area contributed by atoms with Crippen LogP contribution >= 0.6 is 0 Å². The molecule has 0 saturated heterocycles. The number of fused-ring (bicyclic) bond motifs is 3. The van der Waals surface area contributed by atoms with E-state index in [2.05, 4.69) is 6.92 Å². The summed E-state index contributed by atoms with van der Waals surface area (Å²) in [5.74, 6) is -0.732. The van der Waals surface area contributed by atoms with Gasteiger partial charge < -0.3 is 20.1 Å². The number of allylic oxidation sites excluding steroid dienone is 1. The number of aryl methyl sites for hydroxylation is 1. The van der Waals surface area contributed by atoms with Gasteiger partial charge in [-0.25, -0.2) is 4.79 Å². The molecule has 1 aliphatic heterocycles. The van der Waals surface area contributed by atoms with Gasteiger partial charge in [-0.1, -0.05) is 25.8 Å². The third-order valence-electron chi connectivity index (χ3n) is 6.07. The van der Waals surface area contributed by atoms with Gasteiger partial charge in [-0.3, -0.25) is 0 Å². The van der Waals surface area contributed by atoms with Crippen LogP contribution in [-0.2, 0) is 6.42 Å². The van der Waals surface area contributed by atoms with E-state index in [1.165, 1.54) is 0 Å². The van der Waals surface area contributed by atoms with Crippen molar-refractivity contribution < 1.29 is 24.9 Å². The predicted octanol–water partition coefficient (Wildman–Crippen LogP) is 4.41. The molecule has 2 atom stereocenters. The van der Waals surface area contributed by atoms with Gasteiger partial charge in [0.1, 0.15) is 22.7 Å². The number of aliphatic hydroxyl groups is 1. The number of aromatic carboxylic acids is 1. The van der Waals surface area contributed by atoms with E-state index in [4.69, 9.17) is 4.74 Å². The van der Waals surface area contributed by atoms with E-state index in [0.717, 1.165) is 37.7 Å². The first-order chi connectivity index (χ1) is 12.8. The number of unbranched alkanes of at least 4 members (excludes halogenated alkanes) is 2. The van der Waals surface area contributed by atoms with Crippen molar-refractivity contribution in [3.8, 4) is 11.5 Å². The number of phenols is 1. The molecule has 0 amide bonds. The number of hydrogen-bond donors (Lipinski definition) is 3. The van der Waals surface area contributed by atoms with Crippen molar-refractivity contribution in [2.45, 2.75) is 70.8 Å².